The summed E-state index contributed by atoms with van der Waals surface area (Å²) in [5, 5.41) is 2.58. The van der Waals surface area contributed by atoms with Crippen LogP contribution in [0.4, 0.5) is 10.6 Å². The van der Waals surface area contributed by atoms with Gasteiger partial charge in [-0.25, -0.2) is 18.2 Å². The number of hydrogen-bond acceptors (Lipinski definition) is 8. The van der Waals surface area contributed by atoms with E-state index in [4.69, 9.17) is 9.47 Å². The van der Waals surface area contributed by atoms with Gasteiger partial charge in [-0.2, -0.15) is 0 Å². The van der Waals surface area contributed by atoms with Gasteiger partial charge in [0.2, 0.25) is 0 Å². The SMILES string of the molecule is COC(=O)OCCCOC1=C(C(=O)Nc2ccccn2)N(C)S(=O)(=O)c2ccccc21. The van der Waals surface area contributed by atoms with E-state index in [0.717, 1.165) is 4.31 Å². The van der Waals surface area contributed by atoms with Gasteiger partial charge in [-0.3, -0.25) is 9.10 Å². The molecule has 10 nitrogen and oxygen atoms in total. The number of sulfonamides is 1. The van der Waals surface area contributed by atoms with Crippen molar-refractivity contribution in [2.45, 2.75) is 11.3 Å². The van der Waals surface area contributed by atoms with Crippen LogP contribution in [0, 0.1) is 0 Å². The average Bonchev–Trinajstić information content (AvgIpc) is 2.77. The number of pyridine rings is 1. The molecule has 1 aromatic heterocycles. The Hall–Kier alpha value is -3.60. The smallest absolute Gasteiger partial charge is 0.490 e. The molecule has 0 spiro atoms. The molecule has 31 heavy (non-hydrogen) atoms. The number of ether oxygens (including phenoxy) is 3. The van der Waals surface area contributed by atoms with Crippen LogP contribution >= 0.6 is 0 Å². The van der Waals surface area contributed by atoms with E-state index in [2.05, 4.69) is 15.0 Å². The van der Waals surface area contributed by atoms with Gasteiger partial charge >= 0.3 is 6.16 Å². The number of hydrogen-bond donors (Lipinski definition) is 1. The number of methoxy groups -OCH3 is 1. The summed E-state index contributed by atoms with van der Waals surface area (Å²) in [5.74, 6) is -0.338. The number of likely N-dealkylation sites (N-methyl/N-ethyl adjacent to an activating group) is 1. The highest BCUT2D eigenvalue weighted by molar-refractivity contribution is 7.89. The normalized spacial score (nSPS) is 14.5. The van der Waals surface area contributed by atoms with Crippen LogP contribution < -0.4 is 5.32 Å². The van der Waals surface area contributed by atoms with E-state index in [1.54, 1.807) is 36.4 Å². The average molecular weight is 447 g/mol. The first-order chi connectivity index (χ1) is 14.9. The molecule has 3 rings (SSSR count). The molecule has 0 aliphatic carbocycles. The second-order valence-corrected chi connectivity index (χ2v) is 8.26. The van der Waals surface area contributed by atoms with Crippen LogP contribution in [0.15, 0.2) is 59.3 Å². The Balaban J connectivity index is 1.93. The van der Waals surface area contributed by atoms with Crippen molar-refractivity contribution in [1.29, 1.82) is 0 Å². The molecular formula is C20H21N3O7S. The molecule has 0 unspecified atom stereocenters. The third kappa shape index (κ3) is 4.77. The molecule has 0 bridgehead atoms. The summed E-state index contributed by atoms with van der Waals surface area (Å²) in [4.78, 5) is 28.1. The molecule has 164 valence electrons. The number of aromatic nitrogens is 1. The molecule has 0 radical (unpaired) electrons. The lowest BCUT2D eigenvalue weighted by atomic mass is 10.1. The molecule has 11 heteroatoms. The Morgan fingerprint density at radius 2 is 1.84 bits per heavy atom. The van der Waals surface area contributed by atoms with Crippen LogP contribution in [0.25, 0.3) is 5.76 Å². The minimum Gasteiger partial charge on any atom is -0.490 e. The second kappa shape index (κ2) is 9.47. The molecule has 0 fully saturated rings. The predicted octanol–water partition coefficient (Wildman–Crippen LogP) is 2.21. The largest absolute Gasteiger partial charge is 0.507 e. The topological polar surface area (TPSA) is 124 Å². The van der Waals surface area contributed by atoms with Gasteiger partial charge in [-0.05, 0) is 24.3 Å². The summed E-state index contributed by atoms with van der Waals surface area (Å²) < 4.78 is 41.8. The first-order valence-electron chi connectivity index (χ1n) is 9.24. The van der Waals surface area contributed by atoms with E-state index >= 15 is 0 Å². The third-order valence-corrected chi connectivity index (χ3v) is 6.16. The van der Waals surface area contributed by atoms with E-state index in [0.29, 0.717) is 6.42 Å². The number of fused-ring (bicyclic) bond motifs is 1. The molecule has 1 aliphatic heterocycles. The highest BCUT2D eigenvalue weighted by atomic mass is 32.2. The number of carbonyl (C=O) groups excluding carboxylic acids is 2. The first kappa shape index (κ1) is 22.1. The molecule has 1 N–H and O–H groups in total. The maximum atomic E-state index is 13.0. The zero-order valence-corrected chi connectivity index (χ0v) is 17.7. The predicted molar refractivity (Wildman–Crippen MR) is 110 cm³/mol. The second-order valence-electron chi connectivity index (χ2n) is 6.32. The number of rotatable bonds is 7. The van der Waals surface area contributed by atoms with Crippen molar-refractivity contribution >= 4 is 33.7 Å². The fourth-order valence-corrected chi connectivity index (χ4v) is 4.26. The number of carbonyl (C=O) groups is 2. The Kier molecular flexibility index (Phi) is 6.75. The maximum absolute atomic E-state index is 13.0. The van der Waals surface area contributed by atoms with Crippen molar-refractivity contribution in [3.63, 3.8) is 0 Å². The lowest BCUT2D eigenvalue weighted by molar-refractivity contribution is -0.113. The molecule has 0 saturated carbocycles. The first-order valence-corrected chi connectivity index (χ1v) is 10.7. The number of benzene rings is 1. The minimum atomic E-state index is -3.96. The zero-order valence-electron chi connectivity index (χ0n) is 16.9. The summed E-state index contributed by atoms with van der Waals surface area (Å²) in [5.41, 5.74) is 0.0823. The number of nitrogens with zero attached hydrogens (tertiary/aromatic N) is 2. The Labute approximate surface area is 179 Å². The quantitative estimate of drug-likeness (QED) is 0.506. The van der Waals surface area contributed by atoms with E-state index in [-0.39, 0.29) is 40.9 Å². The van der Waals surface area contributed by atoms with Gasteiger partial charge in [0.1, 0.15) is 5.82 Å². The molecule has 2 aromatic rings. The maximum Gasteiger partial charge on any atom is 0.507 e. The fourth-order valence-electron chi connectivity index (χ4n) is 2.87. The van der Waals surface area contributed by atoms with Crippen molar-refractivity contribution in [1.82, 2.24) is 9.29 Å². The molecule has 0 atom stereocenters. The Morgan fingerprint density at radius 1 is 1.10 bits per heavy atom. The summed E-state index contributed by atoms with van der Waals surface area (Å²) >= 11 is 0. The van der Waals surface area contributed by atoms with Gasteiger partial charge in [0.15, 0.2) is 11.5 Å². The zero-order chi connectivity index (χ0) is 22.4. The van der Waals surface area contributed by atoms with Gasteiger partial charge in [0.25, 0.3) is 15.9 Å². The summed E-state index contributed by atoms with van der Waals surface area (Å²) in [6.07, 6.45) is 0.981. The third-order valence-electron chi connectivity index (χ3n) is 4.34. The van der Waals surface area contributed by atoms with Gasteiger partial charge in [-0.15, -0.1) is 0 Å². The lowest BCUT2D eigenvalue weighted by Gasteiger charge is -2.30. The van der Waals surface area contributed by atoms with Crippen LogP contribution in [0.1, 0.15) is 12.0 Å². The number of anilines is 1. The number of nitrogens with one attached hydrogen (secondary N) is 1. The Bertz CT molecular complexity index is 1100. The summed E-state index contributed by atoms with van der Waals surface area (Å²) in [6.45, 7) is 0.0973. The lowest BCUT2D eigenvalue weighted by Crippen LogP contribution is -2.37. The van der Waals surface area contributed by atoms with Gasteiger partial charge in [0.05, 0.1) is 25.2 Å². The van der Waals surface area contributed by atoms with Crippen molar-refractivity contribution in [3.05, 3.63) is 59.9 Å². The van der Waals surface area contributed by atoms with Crippen LogP contribution in [-0.2, 0) is 29.0 Å². The van der Waals surface area contributed by atoms with Crippen LogP contribution in [0.5, 0.6) is 0 Å². The highest BCUT2D eigenvalue weighted by Gasteiger charge is 2.38. The van der Waals surface area contributed by atoms with Crippen LogP contribution in [0.3, 0.4) is 0 Å². The van der Waals surface area contributed by atoms with E-state index in [9.17, 15) is 18.0 Å². The summed E-state index contributed by atoms with van der Waals surface area (Å²) in [6, 6.07) is 11.2. The van der Waals surface area contributed by atoms with Crippen LogP contribution in [-0.4, -0.2) is 57.1 Å². The molecule has 1 aliphatic rings. The molecule has 1 amide bonds. The van der Waals surface area contributed by atoms with E-state index in [1.807, 2.05) is 0 Å². The fraction of sp³-hybridized carbons (Fsp3) is 0.250. The summed E-state index contributed by atoms with van der Waals surface area (Å²) in [7, 11) is -1.48. The molecule has 0 saturated heterocycles. The standard InChI is InChI=1S/C20H21N3O7S/c1-23-17(19(24)22-16-10-5-6-11-21-16)18(29-12-7-13-30-20(25)28-2)14-8-3-4-9-15(14)31(23,26)27/h3-6,8-11H,7,12-13H2,1-2H3,(H,21,22,24). The molecule has 1 aromatic carbocycles. The van der Waals surface area contributed by atoms with Gasteiger partial charge < -0.3 is 19.5 Å². The van der Waals surface area contributed by atoms with E-state index in [1.165, 1.54) is 26.4 Å². The highest BCUT2D eigenvalue weighted by Crippen LogP contribution is 2.36. The van der Waals surface area contributed by atoms with Gasteiger partial charge in [0, 0.05) is 25.2 Å². The van der Waals surface area contributed by atoms with Crippen molar-refractivity contribution in [2.75, 3.05) is 32.7 Å². The Morgan fingerprint density at radius 3 is 2.55 bits per heavy atom. The van der Waals surface area contributed by atoms with Crippen LogP contribution in [0.2, 0.25) is 0 Å². The molecular weight excluding hydrogens is 426 g/mol. The van der Waals surface area contributed by atoms with E-state index < -0.39 is 22.1 Å². The van der Waals surface area contributed by atoms with Crippen molar-refractivity contribution in [3.8, 4) is 0 Å². The van der Waals surface area contributed by atoms with Crippen molar-refractivity contribution in [2.24, 2.45) is 0 Å². The van der Waals surface area contributed by atoms with Gasteiger partial charge in [-0.1, -0.05) is 18.2 Å². The minimum absolute atomic E-state index is 0.0210. The molecule has 2 heterocycles. The monoisotopic (exact) mass is 447 g/mol. The van der Waals surface area contributed by atoms with Crippen molar-refractivity contribution < 1.29 is 32.2 Å². The number of amides is 1.